The molecule has 1 saturated heterocycles. The Morgan fingerprint density at radius 3 is 2.66 bits per heavy atom. The van der Waals surface area contributed by atoms with Crippen molar-refractivity contribution in [3.8, 4) is 5.75 Å². The summed E-state index contributed by atoms with van der Waals surface area (Å²) in [6.07, 6.45) is 1.47. The van der Waals surface area contributed by atoms with Gasteiger partial charge in [-0.05, 0) is 51.0 Å². The maximum atomic E-state index is 12.5. The minimum Gasteiger partial charge on any atom is -0.489 e. The lowest BCUT2D eigenvalue weighted by Gasteiger charge is -2.35. The summed E-state index contributed by atoms with van der Waals surface area (Å²) in [5.41, 5.74) is 2.95. The van der Waals surface area contributed by atoms with Gasteiger partial charge in [-0.3, -0.25) is 9.69 Å². The highest BCUT2D eigenvalue weighted by Gasteiger charge is 2.21. The molecule has 1 aliphatic rings. The van der Waals surface area contributed by atoms with Gasteiger partial charge in [0.25, 0.3) is 5.91 Å². The predicted octanol–water partition coefficient (Wildman–Crippen LogP) is 3.80. The first-order valence-corrected chi connectivity index (χ1v) is 10.4. The van der Waals surface area contributed by atoms with Gasteiger partial charge in [0.15, 0.2) is 0 Å². The number of hydrogen-bond acceptors (Lipinski definition) is 4. The Hall–Kier alpha value is -2.37. The fraction of sp³-hybridized carbons (Fsp3) is 0.458. The van der Waals surface area contributed by atoms with Crippen molar-refractivity contribution in [3.63, 3.8) is 0 Å². The van der Waals surface area contributed by atoms with E-state index in [0.29, 0.717) is 24.5 Å². The van der Waals surface area contributed by atoms with Gasteiger partial charge in [0.05, 0.1) is 12.2 Å². The number of aryl methyl sites for hydroxylation is 1. The topological polar surface area (TPSA) is 50.8 Å². The molecule has 0 radical (unpaired) electrons. The fourth-order valence-electron chi connectivity index (χ4n) is 3.77. The van der Waals surface area contributed by atoms with E-state index < -0.39 is 0 Å². The van der Waals surface area contributed by atoms with Crippen LogP contribution < -0.4 is 10.1 Å². The highest BCUT2D eigenvalue weighted by Crippen LogP contribution is 2.16. The second-order valence-electron chi connectivity index (χ2n) is 7.93. The molecule has 0 bridgehead atoms. The molecule has 2 atom stereocenters. The van der Waals surface area contributed by atoms with E-state index in [-0.39, 0.29) is 18.1 Å². The fourth-order valence-corrected chi connectivity index (χ4v) is 3.77. The maximum Gasteiger partial charge on any atom is 0.251 e. The molecule has 156 valence electrons. The first-order valence-electron chi connectivity index (χ1n) is 10.4. The molecule has 0 aliphatic carbocycles. The summed E-state index contributed by atoms with van der Waals surface area (Å²) in [6, 6.07) is 15.6. The summed E-state index contributed by atoms with van der Waals surface area (Å²) in [7, 11) is 0. The van der Waals surface area contributed by atoms with Gasteiger partial charge >= 0.3 is 0 Å². The highest BCUT2D eigenvalue weighted by molar-refractivity contribution is 5.94. The molecule has 1 aliphatic heterocycles. The van der Waals surface area contributed by atoms with Crippen LogP contribution in [0.1, 0.15) is 41.8 Å². The van der Waals surface area contributed by atoms with Crippen molar-refractivity contribution < 1.29 is 14.3 Å². The van der Waals surface area contributed by atoms with Gasteiger partial charge in [0, 0.05) is 31.7 Å². The summed E-state index contributed by atoms with van der Waals surface area (Å²) in [4.78, 5) is 14.9. The van der Waals surface area contributed by atoms with Crippen molar-refractivity contribution in [2.24, 2.45) is 0 Å². The minimum atomic E-state index is -0.0604. The van der Waals surface area contributed by atoms with Crippen LogP contribution in [-0.4, -0.2) is 49.2 Å². The van der Waals surface area contributed by atoms with E-state index in [0.717, 1.165) is 31.6 Å². The maximum absolute atomic E-state index is 12.5. The quantitative estimate of drug-likeness (QED) is 0.690. The summed E-state index contributed by atoms with van der Waals surface area (Å²) in [6.45, 7) is 10.3. The monoisotopic (exact) mass is 396 g/mol. The Morgan fingerprint density at radius 2 is 1.90 bits per heavy atom. The first-order chi connectivity index (χ1) is 14.0. The number of carbonyl (C=O) groups excluding carboxylic acids is 1. The van der Waals surface area contributed by atoms with Gasteiger partial charge in [-0.25, -0.2) is 0 Å². The number of amides is 1. The number of nitrogens with one attached hydrogen (secondary N) is 1. The zero-order valence-electron chi connectivity index (χ0n) is 17.7. The molecular weight excluding hydrogens is 364 g/mol. The SMILES string of the molecule is Cc1cccc(COc2cccc(C(=O)NCCCN3CC(C)OC(C)C3)c2)c1. The van der Waals surface area contributed by atoms with Crippen LogP contribution in [-0.2, 0) is 11.3 Å². The molecule has 29 heavy (non-hydrogen) atoms. The molecule has 0 aromatic heterocycles. The molecule has 2 aromatic carbocycles. The summed E-state index contributed by atoms with van der Waals surface area (Å²) in [5, 5.41) is 3.02. The lowest BCUT2D eigenvalue weighted by Crippen LogP contribution is -2.46. The first kappa shape index (κ1) is 21.3. The van der Waals surface area contributed by atoms with Crippen molar-refractivity contribution in [2.75, 3.05) is 26.2 Å². The van der Waals surface area contributed by atoms with Crippen molar-refractivity contribution in [2.45, 2.75) is 46.0 Å². The molecular formula is C24H32N2O3. The molecule has 1 fully saturated rings. The second-order valence-corrected chi connectivity index (χ2v) is 7.93. The van der Waals surface area contributed by atoms with E-state index in [1.807, 2.05) is 30.3 Å². The average molecular weight is 397 g/mol. The van der Waals surface area contributed by atoms with Gasteiger partial charge in [-0.1, -0.05) is 35.9 Å². The van der Waals surface area contributed by atoms with Crippen molar-refractivity contribution in [3.05, 3.63) is 65.2 Å². The Morgan fingerprint density at radius 1 is 1.14 bits per heavy atom. The third-order valence-corrected chi connectivity index (χ3v) is 5.02. The van der Waals surface area contributed by atoms with Crippen LogP contribution in [0.5, 0.6) is 5.75 Å². The van der Waals surface area contributed by atoms with Crippen molar-refractivity contribution in [1.29, 1.82) is 0 Å². The molecule has 0 saturated carbocycles. The lowest BCUT2D eigenvalue weighted by molar-refractivity contribution is -0.0679. The van der Waals surface area contributed by atoms with Crippen LogP contribution in [0.4, 0.5) is 0 Å². The normalized spacial score (nSPS) is 19.7. The second kappa shape index (κ2) is 10.4. The Bertz CT molecular complexity index is 798. The molecule has 3 rings (SSSR count). The Labute approximate surface area is 174 Å². The molecule has 5 heteroatoms. The molecule has 2 unspecified atom stereocenters. The number of rotatable bonds is 8. The zero-order chi connectivity index (χ0) is 20.6. The molecule has 1 N–H and O–H groups in total. The summed E-state index contributed by atoms with van der Waals surface area (Å²) in [5.74, 6) is 0.644. The Kier molecular flexibility index (Phi) is 7.67. The average Bonchev–Trinajstić information content (AvgIpc) is 2.69. The lowest BCUT2D eigenvalue weighted by atomic mass is 10.1. The standard InChI is InChI=1S/C24H32N2O3/c1-18-7-4-8-21(13-18)17-28-23-10-5-9-22(14-23)24(27)25-11-6-12-26-15-19(2)29-20(3)16-26/h4-5,7-10,13-14,19-20H,6,11-12,15-17H2,1-3H3,(H,25,27). The van der Waals surface area contributed by atoms with Crippen LogP contribution in [0.3, 0.4) is 0 Å². The van der Waals surface area contributed by atoms with E-state index in [1.165, 1.54) is 5.56 Å². The summed E-state index contributed by atoms with van der Waals surface area (Å²) >= 11 is 0. The third kappa shape index (κ3) is 6.87. The number of nitrogens with zero attached hydrogens (tertiary/aromatic N) is 1. The number of morpholine rings is 1. The van der Waals surface area contributed by atoms with Crippen LogP contribution in [0, 0.1) is 6.92 Å². The van der Waals surface area contributed by atoms with Gasteiger partial charge in [-0.15, -0.1) is 0 Å². The molecule has 2 aromatic rings. The zero-order valence-corrected chi connectivity index (χ0v) is 17.7. The number of carbonyl (C=O) groups is 1. The summed E-state index contributed by atoms with van der Waals surface area (Å²) < 4.78 is 11.6. The molecule has 1 heterocycles. The van der Waals surface area contributed by atoms with Gasteiger partial charge < -0.3 is 14.8 Å². The van der Waals surface area contributed by atoms with Gasteiger partial charge in [-0.2, -0.15) is 0 Å². The predicted molar refractivity (Wildman–Crippen MR) is 115 cm³/mol. The smallest absolute Gasteiger partial charge is 0.251 e. The van der Waals surface area contributed by atoms with Crippen LogP contribution in [0.15, 0.2) is 48.5 Å². The Balaban J connectivity index is 1.43. The van der Waals surface area contributed by atoms with Crippen LogP contribution in [0.2, 0.25) is 0 Å². The van der Waals surface area contributed by atoms with E-state index in [1.54, 1.807) is 6.07 Å². The molecule has 5 nitrogen and oxygen atoms in total. The van der Waals surface area contributed by atoms with Crippen molar-refractivity contribution in [1.82, 2.24) is 10.2 Å². The van der Waals surface area contributed by atoms with E-state index in [9.17, 15) is 4.79 Å². The van der Waals surface area contributed by atoms with Crippen LogP contribution >= 0.6 is 0 Å². The number of ether oxygens (including phenoxy) is 2. The third-order valence-electron chi connectivity index (χ3n) is 5.02. The largest absolute Gasteiger partial charge is 0.489 e. The number of benzene rings is 2. The molecule has 1 amide bonds. The van der Waals surface area contributed by atoms with E-state index >= 15 is 0 Å². The minimum absolute atomic E-state index is 0.0604. The van der Waals surface area contributed by atoms with E-state index in [4.69, 9.17) is 9.47 Å². The van der Waals surface area contributed by atoms with Crippen LogP contribution in [0.25, 0.3) is 0 Å². The van der Waals surface area contributed by atoms with Crippen molar-refractivity contribution >= 4 is 5.91 Å². The van der Waals surface area contributed by atoms with Gasteiger partial charge in [0.1, 0.15) is 12.4 Å². The number of hydrogen-bond donors (Lipinski definition) is 1. The van der Waals surface area contributed by atoms with E-state index in [2.05, 4.69) is 43.1 Å². The highest BCUT2D eigenvalue weighted by atomic mass is 16.5. The van der Waals surface area contributed by atoms with Gasteiger partial charge in [0.2, 0.25) is 0 Å². The molecule has 0 spiro atoms.